The van der Waals surface area contributed by atoms with E-state index in [9.17, 15) is 5.11 Å². The molecule has 0 aromatic carbocycles. The molecule has 0 radical (unpaired) electrons. The number of aliphatic hydroxyl groups excluding tert-OH is 1. The van der Waals surface area contributed by atoms with Gasteiger partial charge in [-0.15, -0.1) is 0 Å². The molecule has 0 unspecified atom stereocenters. The predicted molar refractivity (Wildman–Crippen MR) is 139 cm³/mol. The van der Waals surface area contributed by atoms with Crippen LogP contribution in [0.25, 0.3) is 0 Å². The summed E-state index contributed by atoms with van der Waals surface area (Å²) < 4.78 is 0. The van der Waals surface area contributed by atoms with E-state index in [0.717, 1.165) is 25.2 Å². The van der Waals surface area contributed by atoms with Crippen LogP contribution in [0.1, 0.15) is 120 Å². The van der Waals surface area contributed by atoms with Crippen LogP contribution in [0.15, 0.2) is 46.1 Å². The predicted octanol–water partition coefficient (Wildman–Crippen LogP) is 9.35. The molecule has 0 heterocycles. The molecule has 1 fully saturated rings. The van der Waals surface area contributed by atoms with Gasteiger partial charge in [0.1, 0.15) is 0 Å². The Morgan fingerprint density at radius 1 is 0.935 bits per heavy atom. The van der Waals surface area contributed by atoms with Crippen molar-refractivity contribution in [2.75, 3.05) is 6.61 Å². The van der Waals surface area contributed by atoms with Crippen LogP contribution in [0.5, 0.6) is 0 Å². The summed E-state index contributed by atoms with van der Waals surface area (Å²) in [5.74, 6) is 1.38. The molecule has 31 heavy (non-hydrogen) atoms. The van der Waals surface area contributed by atoms with Crippen LogP contribution in [0.3, 0.4) is 0 Å². The summed E-state index contributed by atoms with van der Waals surface area (Å²) >= 11 is 0. The average molecular weight is 429 g/mol. The van der Waals surface area contributed by atoms with Crippen molar-refractivity contribution in [3.05, 3.63) is 46.1 Å². The van der Waals surface area contributed by atoms with Crippen molar-refractivity contribution in [1.29, 1.82) is 0 Å². The zero-order valence-corrected chi connectivity index (χ0v) is 22.1. The molecule has 0 amide bonds. The van der Waals surface area contributed by atoms with Crippen molar-refractivity contribution in [1.82, 2.24) is 0 Å². The molecule has 1 heteroatoms. The molecular weight excluding hydrogens is 376 g/mol. The average Bonchev–Trinajstić information content (AvgIpc) is 2.68. The maximum Gasteiger partial charge on any atom is 0.0431 e. The van der Waals surface area contributed by atoms with Gasteiger partial charge in [-0.1, -0.05) is 59.9 Å². The van der Waals surface area contributed by atoms with Gasteiger partial charge in [-0.05, 0) is 123 Å². The molecule has 1 rings (SSSR count). The topological polar surface area (TPSA) is 20.2 Å². The second-order valence-corrected chi connectivity index (χ2v) is 10.9. The van der Waals surface area contributed by atoms with E-state index in [1.807, 2.05) is 0 Å². The number of aliphatic hydroxyl groups is 1. The van der Waals surface area contributed by atoms with E-state index in [1.54, 1.807) is 5.57 Å². The summed E-state index contributed by atoms with van der Waals surface area (Å²) in [5.41, 5.74) is 8.02. The number of hydrogen-bond acceptors (Lipinski definition) is 1. The minimum atomic E-state index is 0.317. The van der Waals surface area contributed by atoms with Crippen LogP contribution in [0.2, 0.25) is 0 Å². The molecule has 0 bridgehead atoms. The van der Waals surface area contributed by atoms with E-state index in [-0.39, 0.29) is 0 Å². The summed E-state index contributed by atoms with van der Waals surface area (Å²) in [6.45, 7) is 18.8. The standard InChI is InChI=1S/C30H52O/c1-23(2)13-9-14-25(5)15-10-16-26(6)17-11-21-30(8)27(7)19-20-28(24(3)4)29(30)18-12-22-31/h13,15,17,27,29,31H,9-12,14,16,18-22H2,1-8H3/b25-15+,26-17+/t27-,29-,30-/m1/s1. The van der Waals surface area contributed by atoms with Crippen molar-refractivity contribution in [2.45, 2.75) is 120 Å². The molecule has 1 aliphatic rings. The highest BCUT2D eigenvalue weighted by Gasteiger charge is 2.43. The van der Waals surface area contributed by atoms with Gasteiger partial charge >= 0.3 is 0 Å². The van der Waals surface area contributed by atoms with Crippen molar-refractivity contribution in [3.8, 4) is 0 Å². The third-order valence-corrected chi connectivity index (χ3v) is 7.78. The smallest absolute Gasteiger partial charge is 0.0431 e. The molecule has 0 aliphatic heterocycles. The lowest BCUT2D eigenvalue weighted by Crippen LogP contribution is -2.39. The third kappa shape index (κ3) is 9.52. The fourth-order valence-electron chi connectivity index (χ4n) is 5.40. The molecule has 0 spiro atoms. The molecule has 178 valence electrons. The Balaban J connectivity index is 2.67. The first-order valence-electron chi connectivity index (χ1n) is 12.8. The second-order valence-electron chi connectivity index (χ2n) is 10.9. The van der Waals surface area contributed by atoms with E-state index in [2.05, 4.69) is 73.6 Å². The van der Waals surface area contributed by atoms with Crippen LogP contribution >= 0.6 is 0 Å². The van der Waals surface area contributed by atoms with Gasteiger partial charge in [0.2, 0.25) is 0 Å². The third-order valence-electron chi connectivity index (χ3n) is 7.78. The molecule has 3 atom stereocenters. The fraction of sp³-hybridized carbons (Fsp3) is 0.733. The van der Waals surface area contributed by atoms with Gasteiger partial charge in [-0.3, -0.25) is 0 Å². The van der Waals surface area contributed by atoms with Crippen LogP contribution < -0.4 is 0 Å². The summed E-state index contributed by atoms with van der Waals surface area (Å²) in [6.07, 6.45) is 19.0. The zero-order valence-electron chi connectivity index (χ0n) is 22.1. The lowest BCUT2D eigenvalue weighted by atomic mass is 9.56. The van der Waals surface area contributed by atoms with E-state index in [4.69, 9.17) is 0 Å². The van der Waals surface area contributed by atoms with E-state index in [1.165, 1.54) is 67.2 Å². The van der Waals surface area contributed by atoms with Gasteiger partial charge in [0.15, 0.2) is 0 Å². The molecule has 1 N–H and O–H groups in total. The Hall–Kier alpha value is -1.08. The molecule has 1 saturated carbocycles. The van der Waals surface area contributed by atoms with Crippen LogP contribution in [-0.4, -0.2) is 11.7 Å². The maximum absolute atomic E-state index is 9.47. The Morgan fingerprint density at radius 3 is 2.06 bits per heavy atom. The minimum Gasteiger partial charge on any atom is -0.396 e. The Morgan fingerprint density at radius 2 is 1.52 bits per heavy atom. The highest BCUT2D eigenvalue weighted by atomic mass is 16.2. The summed E-state index contributed by atoms with van der Waals surface area (Å²) in [6, 6.07) is 0. The van der Waals surface area contributed by atoms with E-state index >= 15 is 0 Å². The highest BCUT2D eigenvalue weighted by molar-refractivity contribution is 5.20. The van der Waals surface area contributed by atoms with Crippen molar-refractivity contribution in [2.24, 2.45) is 17.3 Å². The van der Waals surface area contributed by atoms with E-state index < -0.39 is 0 Å². The lowest BCUT2D eigenvalue weighted by Gasteiger charge is -2.49. The number of hydrogen-bond donors (Lipinski definition) is 1. The molecule has 0 saturated heterocycles. The van der Waals surface area contributed by atoms with Crippen molar-refractivity contribution < 1.29 is 5.11 Å². The zero-order chi connectivity index (χ0) is 23.4. The summed E-state index contributed by atoms with van der Waals surface area (Å²) in [5, 5.41) is 9.47. The largest absolute Gasteiger partial charge is 0.396 e. The Kier molecular flexibility index (Phi) is 12.8. The number of rotatable bonds is 12. The van der Waals surface area contributed by atoms with Crippen LogP contribution in [0, 0.1) is 17.3 Å². The monoisotopic (exact) mass is 428 g/mol. The van der Waals surface area contributed by atoms with Crippen molar-refractivity contribution in [3.63, 3.8) is 0 Å². The van der Waals surface area contributed by atoms with Crippen LogP contribution in [-0.2, 0) is 0 Å². The van der Waals surface area contributed by atoms with Gasteiger partial charge in [0.25, 0.3) is 0 Å². The Bertz CT molecular complexity index is 652. The molecule has 1 aliphatic carbocycles. The second kappa shape index (κ2) is 14.1. The highest BCUT2D eigenvalue weighted by Crippen LogP contribution is 2.53. The van der Waals surface area contributed by atoms with Gasteiger partial charge in [0.05, 0.1) is 0 Å². The van der Waals surface area contributed by atoms with Crippen molar-refractivity contribution >= 4 is 0 Å². The SMILES string of the molecule is CC(C)=CCC/C(C)=C/CC/C(C)=C/CC[C@]1(C)[C@H](C)CCC(=C(C)C)[C@H]1CCCO. The quantitative estimate of drug-likeness (QED) is 0.307. The minimum absolute atomic E-state index is 0.317. The summed E-state index contributed by atoms with van der Waals surface area (Å²) in [4.78, 5) is 0. The van der Waals surface area contributed by atoms with Gasteiger partial charge in [-0.25, -0.2) is 0 Å². The normalized spacial score (nSPS) is 25.0. The summed E-state index contributed by atoms with van der Waals surface area (Å²) in [7, 11) is 0. The van der Waals surface area contributed by atoms with Crippen LogP contribution in [0.4, 0.5) is 0 Å². The molecular formula is C30H52O. The maximum atomic E-state index is 9.47. The first kappa shape index (κ1) is 28.0. The molecule has 1 nitrogen and oxygen atoms in total. The van der Waals surface area contributed by atoms with Gasteiger partial charge < -0.3 is 5.11 Å². The number of allylic oxidation sites excluding steroid dienone is 8. The first-order chi connectivity index (χ1) is 14.6. The molecule has 0 aromatic rings. The lowest BCUT2D eigenvalue weighted by molar-refractivity contribution is 0.0682. The van der Waals surface area contributed by atoms with Gasteiger partial charge in [0, 0.05) is 6.61 Å². The first-order valence-corrected chi connectivity index (χ1v) is 12.8. The Labute approximate surface area is 194 Å². The fourth-order valence-corrected chi connectivity index (χ4v) is 5.40. The van der Waals surface area contributed by atoms with Gasteiger partial charge in [-0.2, -0.15) is 0 Å². The van der Waals surface area contributed by atoms with E-state index in [0.29, 0.717) is 17.9 Å². The molecule has 0 aromatic heterocycles.